The molecule has 4 heteroatoms. The third-order valence-electron chi connectivity index (χ3n) is 3.51. The predicted molar refractivity (Wildman–Crippen MR) is 94.9 cm³/mol. The summed E-state index contributed by atoms with van der Waals surface area (Å²) in [4.78, 5) is 5.30. The molecule has 2 aromatic carbocycles. The standard InChI is InChI=1S/C19H19F2NS/c1-14(3-4-15-5-7-16(20)8-6-15)19(21)13-22-17-9-11-18(23-2)12-10-17/h5-13H,3-4H2,1-2H3/b19-14-,22-13?. The average molecular weight is 331 g/mol. The van der Waals surface area contributed by atoms with Gasteiger partial charge in [-0.25, -0.2) is 8.78 Å². The summed E-state index contributed by atoms with van der Waals surface area (Å²) >= 11 is 1.65. The van der Waals surface area contributed by atoms with Gasteiger partial charge < -0.3 is 0 Å². The highest BCUT2D eigenvalue weighted by Crippen LogP contribution is 2.20. The van der Waals surface area contributed by atoms with E-state index in [9.17, 15) is 8.78 Å². The summed E-state index contributed by atoms with van der Waals surface area (Å²) in [6.45, 7) is 1.75. The zero-order valence-corrected chi connectivity index (χ0v) is 14.0. The Morgan fingerprint density at radius 1 is 1.09 bits per heavy atom. The van der Waals surface area contributed by atoms with E-state index in [2.05, 4.69) is 4.99 Å². The molecule has 2 rings (SSSR count). The van der Waals surface area contributed by atoms with Crippen LogP contribution in [0.1, 0.15) is 18.9 Å². The van der Waals surface area contributed by atoms with Crippen molar-refractivity contribution in [3.63, 3.8) is 0 Å². The van der Waals surface area contributed by atoms with Crippen molar-refractivity contribution in [3.8, 4) is 0 Å². The Morgan fingerprint density at radius 3 is 2.35 bits per heavy atom. The normalized spacial score (nSPS) is 12.5. The van der Waals surface area contributed by atoms with E-state index in [0.29, 0.717) is 18.4 Å². The second-order valence-corrected chi connectivity index (χ2v) is 6.09. The SMILES string of the molecule is CSc1ccc(N=C/C(F)=C(\C)CCc2ccc(F)cc2)cc1. The summed E-state index contributed by atoms with van der Waals surface area (Å²) in [5.41, 5.74) is 2.35. The number of halogens is 2. The first-order chi connectivity index (χ1) is 11.1. The van der Waals surface area contributed by atoms with Crippen LogP contribution < -0.4 is 0 Å². The van der Waals surface area contributed by atoms with Crippen LogP contribution in [0.3, 0.4) is 0 Å². The van der Waals surface area contributed by atoms with Crippen LogP contribution in [0, 0.1) is 5.82 Å². The van der Waals surface area contributed by atoms with Crippen molar-refractivity contribution >= 4 is 23.7 Å². The molecule has 0 heterocycles. The molecule has 120 valence electrons. The molecule has 0 fully saturated rings. The van der Waals surface area contributed by atoms with E-state index in [4.69, 9.17) is 0 Å². The van der Waals surface area contributed by atoms with Crippen LogP contribution in [-0.2, 0) is 6.42 Å². The van der Waals surface area contributed by atoms with Crippen molar-refractivity contribution in [2.45, 2.75) is 24.7 Å². The molecule has 0 atom stereocenters. The Hall–Kier alpha value is -1.94. The van der Waals surface area contributed by atoms with Gasteiger partial charge in [0.15, 0.2) is 0 Å². The second kappa shape index (κ2) is 8.63. The van der Waals surface area contributed by atoms with Gasteiger partial charge in [0.2, 0.25) is 0 Å². The fraction of sp³-hybridized carbons (Fsp3) is 0.211. The van der Waals surface area contributed by atoms with Crippen LogP contribution in [0.4, 0.5) is 14.5 Å². The van der Waals surface area contributed by atoms with Gasteiger partial charge in [0.1, 0.15) is 11.6 Å². The van der Waals surface area contributed by atoms with E-state index >= 15 is 0 Å². The van der Waals surface area contributed by atoms with Gasteiger partial charge in [0.25, 0.3) is 0 Å². The number of aryl methyl sites for hydroxylation is 1. The number of nitrogens with zero attached hydrogens (tertiary/aromatic N) is 1. The van der Waals surface area contributed by atoms with E-state index in [1.807, 2.05) is 30.5 Å². The van der Waals surface area contributed by atoms with Crippen LogP contribution in [0.15, 0.2) is 69.8 Å². The summed E-state index contributed by atoms with van der Waals surface area (Å²) in [5, 5.41) is 0. The number of aliphatic imine (C=N–C) groups is 1. The summed E-state index contributed by atoms with van der Waals surface area (Å²) in [5.74, 6) is -0.576. The van der Waals surface area contributed by atoms with Gasteiger partial charge in [-0.1, -0.05) is 12.1 Å². The molecule has 1 nitrogen and oxygen atoms in total. The molecule has 0 radical (unpaired) electrons. The van der Waals surface area contributed by atoms with Crippen molar-refractivity contribution in [3.05, 3.63) is 71.3 Å². The summed E-state index contributed by atoms with van der Waals surface area (Å²) in [7, 11) is 0. The van der Waals surface area contributed by atoms with E-state index in [-0.39, 0.29) is 11.6 Å². The molecule has 0 spiro atoms. The monoisotopic (exact) mass is 331 g/mol. The highest BCUT2D eigenvalue weighted by atomic mass is 32.2. The van der Waals surface area contributed by atoms with Crippen LogP contribution >= 0.6 is 11.8 Å². The van der Waals surface area contributed by atoms with Gasteiger partial charge in [0, 0.05) is 4.90 Å². The smallest absolute Gasteiger partial charge is 0.140 e. The molecule has 0 amide bonds. The van der Waals surface area contributed by atoms with Crippen molar-refractivity contribution < 1.29 is 8.78 Å². The van der Waals surface area contributed by atoms with E-state index in [1.165, 1.54) is 18.3 Å². The maximum atomic E-state index is 14.1. The fourth-order valence-electron chi connectivity index (χ4n) is 2.01. The quantitative estimate of drug-likeness (QED) is 0.458. The Morgan fingerprint density at radius 2 is 1.74 bits per heavy atom. The molecule has 23 heavy (non-hydrogen) atoms. The second-order valence-electron chi connectivity index (χ2n) is 5.21. The molecule has 0 N–H and O–H groups in total. The van der Waals surface area contributed by atoms with Crippen LogP contribution in [0.2, 0.25) is 0 Å². The lowest BCUT2D eigenvalue weighted by Crippen LogP contribution is -1.90. The third kappa shape index (κ3) is 5.64. The lowest BCUT2D eigenvalue weighted by Gasteiger charge is -2.03. The zero-order chi connectivity index (χ0) is 16.7. The minimum atomic E-state index is -0.318. The molecule has 0 aliphatic heterocycles. The van der Waals surface area contributed by atoms with Crippen molar-refractivity contribution in [1.29, 1.82) is 0 Å². The van der Waals surface area contributed by atoms with Gasteiger partial charge in [-0.05, 0) is 73.6 Å². The van der Waals surface area contributed by atoms with Crippen molar-refractivity contribution in [2.24, 2.45) is 4.99 Å². The van der Waals surface area contributed by atoms with E-state index in [0.717, 1.165) is 16.1 Å². The van der Waals surface area contributed by atoms with Crippen LogP contribution in [0.25, 0.3) is 0 Å². The highest BCUT2D eigenvalue weighted by molar-refractivity contribution is 7.98. The number of rotatable bonds is 6. The molecule has 0 saturated carbocycles. The van der Waals surface area contributed by atoms with Gasteiger partial charge in [0.05, 0.1) is 11.9 Å². The molecule has 0 bridgehead atoms. The maximum Gasteiger partial charge on any atom is 0.140 e. The Balaban J connectivity index is 1.95. The van der Waals surface area contributed by atoms with Crippen molar-refractivity contribution in [1.82, 2.24) is 0 Å². The molecular weight excluding hydrogens is 312 g/mol. The number of benzene rings is 2. The maximum absolute atomic E-state index is 14.1. The molecular formula is C19H19F2NS. The molecule has 0 aliphatic carbocycles. The molecule has 0 aliphatic rings. The first kappa shape index (κ1) is 17.4. The zero-order valence-electron chi connectivity index (χ0n) is 13.2. The minimum absolute atomic E-state index is 0.258. The molecule has 0 saturated heterocycles. The van der Waals surface area contributed by atoms with Gasteiger partial charge >= 0.3 is 0 Å². The molecule has 0 unspecified atom stereocenters. The predicted octanol–water partition coefficient (Wildman–Crippen LogP) is 6.13. The number of hydrogen-bond acceptors (Lipinski definition) is 2. The molecule has 0 aromatic heterocycles. The van der Waals surface area contributed by atoms with Crippen LogP contribution in [0.5, 0.6) is 0 Å². The highest BCUT2D eigenvalue weighted by Gasteiger charge is 2.01. The van der Waals surface area contributed by atoms with E-state index < -0.39 is 0 Å². The molecule has 2 aromatic rings. The van der Waals surface area contributed by atoms with Gasteiger partial charge in [-0.3, -0.25) is 4.99 Å². The first-order valence-corrected chi connectivity index (χ1v) is 8.59. The summed E-state index contributed by atoms with van der Waals surface area (Å²) in [6.07, 6.45) is 4.52. The topological polar surface area (TPSA) is 12.4 Å². The first-order valence-electron chi connectivity index (χ1n) is 7.36. The van der Waals surface area contributed by atoms with Crippen molar-refractivity contribution in [2.75, 3.05) is 6.26 Å². The average Bonchev–Trinajstić information content (AvgIpc) is 2.59. The fourth-order valence-corrected chi connectivity index (χ4v) is 2.42. The summed E-state index contributed by atoms with van der Waals surface area (Å²) < 4.78 is 26.9. The number of hydrogen-bond donors (Lipinski definition) is 0. The van der Waals surface area contributed by atoms with Gasteiger partial charge in [-0.15, -0.1) is 11.8 Å². The summed E-state index contributed by atoms with van der Waals surface area (Å²) in [6, 6.07) is 13.9. The largest absolute Gasteiger partial charge is 0.254 e. The Labute approximate surface area is 140 Å². The lowest BCUT2D eigenvalue weighted by molar-refractivity contribution is 0.626. The lowest BCUT2D eigenvalue weighted by atomic mass is 10.1. The van der Waals surface area contributed by atoms with Gasteiger partial charge in [-0.2, -0.15) is 0 Å². The Bertz CT molecular complexity index is 688. The Kier molecular flexibility index (Phi) is 6.53. The van der Waals surface area contributed by atoms with E-state index in [1.54, 1.807) is 30.8 Å². The third-order valence-corrected chi connectivity index (χ3v) is 4.25. The number of allylic oxidation sites excluding steroid dienone is 2. The van der Waals surface area contributed by atoms with Crippen LogP contribution in [-0.4, -0.2) is 12.5 Å². The number of thioether (sulfide) groups is 1. The minimum Gasteiger partial charge on any atom is -0.254 e.